The minimum absolute atomic E-state index is 0.0676. The first-order chi connectivity index (χ1) is 9.90. The van der Waals surface area contributed by atoms with E-state index in [2.05, 4.69) is 5.32 Å². The highest BCUT2D eigenvalue weighted by atomic mass is 16.5. The zero-order valence-electron chi connectivity index (χ0n) is 12.4. The van der Waals surface area contributed by atoms with Gasteiger partial charge in [0.1, 0.15) is 5.75 Å². The minimum atomic E-state index is -1.00. The summed E-state index contributed by atoms with van der Waals surface area (Å²) in [6, 6.07) is 7.03. The molecule has 2 rings (SSSR count). The molecule has 114 valence electrons. The van der Waals surface area contributed by atoms with Crippen molar-refractivity contribution in [3.63, 3.8) is 0 Å². The fourth-order valence-corrected chi connectivity index (χ4v) is 1.74. The Bertz CT molecular complexity index is 535. The SMILES string of the molecule is CC(C)(CNC(=O)c1ccccc1OCC1CC1)C(=O)O. The van der Waals surface area contributed by atoms with Crippen LogP contribution in [0.15, 0.2) is 24.3 Å². The summed E-state index contributed by atoms with van der Waals surface area (Å²) in [7, 11) is 0. The molecule has 5 heteroatoms. The fraction of sp³-hybridized carbons (Fsp3) is 0.500. The molecule has 0 heterocycles. The largest absolute Gasteiger partial charge is 0.492 e. The Morgan fingerprint density at radius 1 is 1.33 bits per heavy atom. The number of nitrogens with one attached hydrogen (secondary N) is 1. The Kier molecular flexibility index (Phi) is 4.50. The van der Waals surface area contributed by atoms with Gasteiger partial charge in [-0.25, -0.2) is 0 Å². The lowest BCUT2D eigenvalue weighted by Crippen LogP contribution is -2.39. The van der Waals surface area contributed by atoms with Crippen molar-refractivity contribution in [1.29, 1.82) is 0 Å². The van der Waals surface area contributed by atoms with Crippen molar-refractivity contribution in [1.82, 2.24) is 5.32 Å². The third-order valence-electron chi connectivity index (χ3n) is 3.57. The molecule has 1 saturated carbocycles. The Labute approximate surface area is 124 Å². The molecular formula is C16H21NO4. The lowest BCUT2D eigenvalue weighted by atomic mass is 9.94. The molecule has 0 spiro atoms. The van der Waals surface area contributed by atoms with Crippen LogP contribution in [0.4, 0.5) is 0 Å². The second-order valence-electron chi connectivity index (χ2n) is 6.12. The highest BCUT2D eigenvalue weighted by Crippen LogP contribution is 2.30. The van der Waals surface area contributed by atoms with Gasteiger partial charge in [-0.05, 0) is 44.7 Å². The molecule has 1 aromatic carbocycles. The topological polar surface area (TPSA) is 75.6 Å². The van der Waals surface area contributed by atoms with Crippen molar-refractivity contribution in [2.45, 2.75) is 26.7 Å². The normalized spacial score (nSPS) is 14.6. The molecule has 2 N–H and O–H groups in total. The van der Waals surface area contributed by atoms with Crippen LogP contribution in [-0.2, 0) is 4.79 Å². The van der Waals surface area contributed by atoms with Gasteiger partial charge in [0.15, 0.2) is 0 Å². The van der Waals surface area contributed by atoms with Gasteiger partial charge in [0.05, 0.1) is 17.6 Å². The predicted octanol–water partition coefficient (Wildman–Crippen LogP) is 2.32. The zero-order valence-corrected chi connectivity index (χ0v) is 12.4. The summed E-state index contributed by atoms with van der Waals surface area (Å²) in [6.07, 6.45) is 2.36. The lowest BCUT2D eigenvalue weighted by molar-refractivity contribution is -0.146. The maximum Gasteiger partial charge on any atom is 0.310 e. The van der Waals surface area contributed by atoms with Crippen LogP contribution < -0.4 is 10.1 Å². The summed E-state index contributed by atoms with van der Waals surface area (Å²) in [5.41, 5.74) is -0.557. The van der Waals surface area contributed by atoms with E-state index in [1.807, 2.05) is 6.07 Å². The van der Waals surface area contributed by atoms with Crippen LogP contribution >= 0.6 is 0 Å². The van der Waals surface area contributed by atoms with Crippen LogP contribution in [-0.4, -0.2) is 30.1 Å². The van der Waals surface area contributed by atoms with E-state index in [1.54, 1.807) is 32.0 Å². The number of amides is 1. The average molecular weight is 291 g/mol. The number of ether oxygens (including phenoxy) is 1. The standard InChI is InChI=1S/C16H21NO4/c1-16(2,15(19)20)10-17-14(18)12-5-3-4-6-13(12)21-9-11-7-8-11/h3-6,11H,7-10H2,1-2H3,(H,17,18)(H,19,20). The van der Waals surface area contributed by atoms with Crippen LogP contribution in [0.5, 0.6) is 5.75 Å². The molecule has 21 heavy (non-hydrogen) atoms. The first-order valence-electron chi connectivity index (χ1n) is 7.13. The second kappa shape index (κ2) is 6.16. The van der Waals surface area contributed by atoms with Crippen LogP contribution in [0.25, 0.3) is 0 Å². The maximum absolute atomic E-state index is 12.2. The number of benzene rings is 1. The van der Waals surface area contributed by atoms with E-state index >= 15 is 0 Å². The second-order valence-corrected chi connectivity index (χ2v) is 6.12. The van der Waals surface area contributed by atoms with E-state index in [-0.39, 0.29) is 12.5 Å². The molecule has 1 aromatic rings. The monoisotopic (exact) mass is 291 g/mol. The summed E-state index contributed by atoms with van der Waals surface area (Å²) in [5, 5.41) is 11.7. The Hall–Kier alpha value is -2.04. The van der Waals surface area contributed by atoms with Gasteiger partial charge in [-0.1, -0.05) is 12.1 Å². The molecule has 5 nitrogen and oxygen atoms in total. The number of carbonyl (C=O) groups is 2. The number of hydrogen-bond donors (Lipinski definition) is 2. The number of carboxylic acids is 1. The number of para-hydroxylation sites is 1. The van der Waals surface area contributed by atoms with Crippen LogP contribution in [0.3, 0.4) is 0 Å². The van der Waals surface area contributed by atoms with E-state index in [0.29, 0.717) is 23.8 Å². The van der Waals surface area contributed by atoms with Gasteiger partial charge in [0.25, 0.3) is 5.91 Å². The first kappa shape index (κ1) is 15.4. The molecule has 1 fully saturated rings. The van der Waals surface area contributed by atoms with Gasteiger partial charge in [-0.2, -0.15) is 0 Å². The smallest absolute Gasteiger partial charge is 0.310 e. The quantitative estimate of drug-likeness (QED) is 0.808. The van der Waals surface area contributed by atoms with Crippen molar-refractivity contribution < 1.29 is 19.4 Å². The number of hydrogen-bond acceptors (Lipinski definition) is 3. The molecule has 1 aliphatic rings. The molecule has 0 saturated heterocycles. The van der Waals surface area contributed by atoms with Crippen molar-refractivity contribution >= 4 is 11.9 Å². The third-order valence-corrected chi connectivity index (χ3v) is 3.57. The number of rotatable bonds is 7. The molecule has 1 aliphatic carbocycles. The van der Waals surface area contributed by atoms with E-state index in [9.17, 15) is 9.59 Å². The van der Waals surface area contributed by atoms with Gasteiger partial charge >= 0.3 is 5.97 Å². The number of carbonyl (C=O) groups excluding carboxylic acids is 1. The fourth-order valence-electron chi connectivity index (χ4n) is 1.74. The average Bonchev–Trinajstić information content (AvgIpc) is 3.27. The highest BCUT2D eigenvalue weighted by Gasteiger charge is 2.28. The van der Waals surface area contributed by atoms with Crippen LogP contribution in [0.2, 0.25) is 0 Å². The molecule has 0 aliphatic heterocycles. The molecule has 0 radical (unpaired) electrons. The van der Waals surface area contributed by atoms with Crippen molar-refractivity contribution in [2.24, 2.45) is 11.3 Å². The van der Waals surface area contributed by atoms with Crippen LogP contribution in [0.1, 0.15) is 37.0 Å². The van der Waals surface area contributed by atoms with Gasteiger partial charge in [0.2, 0.25) is 0 Å². The summed E-state index contributed by atoms with van der Waals surface area (Å²) in [4.78, 5) is 23.3. The van der Waals surface area contributed by atoms with Gasteiger partial charge < -0.3 is 15.2 Å². The first-order valence-corrected chi connectivity index (χ1v) is 7.13. The summed E-state index contributed by atoms with van der Waals surface area (Å²) in [6.45, 7) is 3.85. The highest BCUT2D eigenvalue weighted by molar-refractivity contribution is 5.97. The van der Waals surface area contributed by atoms with Crippen molar-refractivity contribution in [2.75, 3.05) is 13.2 Å². The third kappa shape index (κ3) is 4.21. The van der Waals surface area contributed by atoms with E-state index in [4.69, 9.17) is 9.84 Å². The zero-order chi connectivity index (χ0) is 15.5. The molecular weight excluding hydrogens is 270 g/mol. The van der Waals surface area contributed by atoms with E-state index in [0.717, 1.165) is 0 Å². The molecule has 0 aromatic heterocycles. The number of carboxylic acid groups (broad SMARTS) is 1. The van der Waals surface area contributed by atoms with Crippen molar-refractivity contribution in [3.05, 3.63) is 29.8 Å². The molecule has 1 amide bonds. The Balaban J connectivity index is 1.99. The summed E-state index contributed by atoms with van der Waals surface area (Å²) in [5.74, 6) is -0.0983. The lowest BCUT2D eigenvalue weighted by Gasteiger charge is -2.20. The number of aliphatic carboxylic acids is 1. The van der Waals surface area contributed by atoms with Gasteiger partial charge in [0, 0.05) is 6.54 Å². The van der Waals surface area contributed by atoms with E-state index < -0.39 is 11.4 Å². The Morgan fingerprint density at radius 3 is 2.62 bits per heavy atom. The molecule has 0 atom stereocenters. The predicted molar refractivity (Wildman–Crippen MR) is 78.4 cm³/mol. The van der Waals surface area contributed by atoms with Crippen LogP contribution in [0, 0.1) is 11.3 Å². The van der Waals surface area contributed by atoms with Crippen molar-refractivity contribution in [3.8, 4) is 5.75 Å². The molecule has 0 unspecified atom stereocenters. The summed E-state index contributed by atoms with van der Waals surface area (Å²) < 4.78 is 5.68. The molecule has 0 bridgehead atoms. The van der Waals surface area contributed by atoms with Gasteiger partial charge in [-0.15, -0.1) is 0 Å². The van der Waals surface area contributed by atoms with Gasteiger partial charge in [-0.3, -0.25) is 9.59 Å². The minimum Gasteiger partial charge on any atom is -0.492 e. The summed E-state index contributed by atoms with van der Waals surface area (Å²) >= 11 is 0. The maximum atomic E-state index is 12.2. The Morgan fingerprint density at radius 2 is 2.00 bits per heavy atom. The van der Waals surface area contributed by atoms with E-state index in [1.165, 1.54) is 12.8 Å².